The molecule has 3 nitrogen and oxygen atoms in total. The van der Waals surface area contributed by atoms with Gasteiger partial charge in [0.25, 0.3) is 0 Å². The maximum atomic E-state index is 6.02. The van der Waals surface area contributed by atoms with Gasteiger partial charge in [0.1, 0.15) is 5.82 Å². The Balaban J connectivity index is 0.00000161. The van der Waals surface area contributed by atoms with Crippen LogP contribution in [0.2, 0.25) is 10.0 Å². The molecule has 3 rings (SSSR count). The van der Waals surface area contributed by atoms with Crippen molar-refractivity contribution in [2.24, 2.45) is 0 Å². The Hall–Kier alpha value is -1.14. The average molecular weight is 403 g/mol. The molecular formula is C14H10BrCl2N3S. The van der Waals surface area contributed by atoms with Crippen molar-refractivity contribution in [2.75, 3.05) is 5.32 Å². The lowest BCUT2D eigenvalue weighted by atomic mass is 10.2. The maximum absolute atomic E-state index is 6.02. The van der Waals surface area contributed by atoms with Crippen molar-refractivity contribution in [1.29, 1.82) is 0 Å². The summed E-state index contributed by atoms with van der Waals surface area (Å²) in [5.41, 5.74) is 1.79. The first-order chi connectivity index (χ1) is 9.72. The summed E-state index contributed by atoms with van der Waals surface area (Å²) in [5, 5.41) is 6.97. The molecule has 2 heterocycles. The van der Waals surface area contributed by atoms with E-state index in [9.17, 15) is 0 Å². The molecule has 0 fully saturated rings. The van der Waals surface area contributed by atoms with E-state index in [-0.39, 0.29) is 17.0 Å². The highest BCUT2D eigenvalue weighted by molar-refractivity contribution is 8.93. The number of nitrogens with one attached hydrogen (secondary N) is 1. The predicted octanol–water partition coefficient (Wildman–Crippen LogP) is 5.83. The second-order valence-corrected chi connectivity index (χ2v) is 5.68. The fraction of sp³-hybridized carbons (Fsp3) is 0. The Labute approximate surface area is 146 Å². The zero-order valence-electron chi connectivity index (χ0n) is 10.6. The van der Waals surface area contributed by atoms with Gasteiger partial charge in [-0.3, -0.25) is 0 Å². The summed E-state index contributed by atoms with van der Waals surface area (Å²) in [5.74, 6) is 0.766. The highest BCUT2D eigenvalue weighted by Gasteiger charge is 2.07. The van der Waals surface area contributed by atoms with Crippen LogP contribution in [0.3, 0.4) is 0 Å². The number of benzene rings is 1. The molecule has 0 unspecified atom stereocenters. The molecule has 7 heteroatoms. The van der Waals surface area contributed by atoms with Crippen molar-refractivity contribution in [3.8, 4) is 11.3 Å². The van der Waals surface area contributed by atoms with Crippen molar-refractivity contribution < 1.29 is 0 Å². The third-order valence-electron chi connectivity index (χ3n) is 2.62. The van der Waals surface area contributed by atoms with Crippen molar-refractivity contribution in [1.82, 2.24) is 9.97 Å². The molecule has 0 aliphatic rings. The lowest BCUT2D eigenvalue weighted by Gasteiger charge is -2.01. The molecule has 21 heavy (non-hydrogen) atoms. The second-order valence-electron chi connectivity index (χ2n) is 4.01. The summed E-state index contributed by atoms with van der Waals surface area (Å²) in [6.45, 7) is 0. The Morgan fingerprint density at radius 3 is 2.62 bits per heavy atom. The lowest BCUT2D eigenvalue weighted by molar-refractivity contribution is 1.29. The Bertz CT molecular complexity index is 734. The summed E-state index contributed by atoms with van der Waals surface area (Å²) < 4.78 is 0. The Kier molecular flexibility index (Phi) is 5.58. The minimum absolute atomic E-state index is 0. The predicted molar refractivity (Wildman–Crippen MR) is 95.4 cm³/mol. The third kappa shape index (κ3) is 3.95. The number of aromatic nitrogens is 2. The van der Waals surface area contributed by atoms with Gasteiger partial charge in [-0.1, -0.05) is 35.3 Å². The van der Waals surface area contributed by atoms with E-state index in [0.29, 0.717) is 10.0 Å². The van der Waals surface area contributed by atoms with Gasteiger partial charge >= 0.3 is 0 Å². The van der Waals surface area contributed by atoms with E-state index in [1.54, 1.807) is 12.3 Å². The molecule has 1 aromatic carbocycles. The molecule has 0 amide bonds. The smallest absolute Gasteiger partial charge is 0.188 e. The van der Waals surface area contributed by atoms with Crippen molar-refractivity contribution in [3.63, 3.8) is 0 Å². The Morgan fingerprint density at radius 2 is 1.90 bits per heavy atom. The zero-order chi connectivity index (χ0) is 13.9. The van der Waals surface area contributed by atoms with Crippen LogP contribution in [0.4, 0.5) is 10.9 Å². The van der Waals surface area contributed by atoms with Crippen LogP contribution in [0, 0.1) is 0 Å². The van der Waals surface area contributed by atoms with E-state index in [1.807, 2.05) is 35.7 Å². The van der Waals surface area contributed by atoms with E-state index < -0.39 is 0 Å². The molecule has 0 saturated heterocycles. The van der Waals surface area contributed by atoms with Crippen LogP contribution >= 0.6 is 51.5 Å². The summed E-state index contributed by atoms with van der Waals surface area (Å²) in [4.78, 5) is 8.71. The fourth-order valence-corrected chi connectivity index (χ4v) is 2.69. The number of hydrogen-bond donors (Lipinski definition) is 1. The van der Waals surface area contributed by atoms with Crippen molar-refractivity contribution >= 4 is 62.5 Å². The molecule has 0 atom stereocenters. The molecule has 1 N–H and O–H groups in total. The van der Waals surface area contributed by atoms with E-state index >= 15 is 0 Å². The first-order valence-corrected chi connectivity index (χ1v) is 7.45. The number of anilines is 2. The highest BCUT2D eigenvalue weighted by Crippen LogP contribution is 2.31. The van der Waals surface area contributed by atoms with Gasteiger partial charge in [0, 0.05) is 17.1 Å². The fourth-order valence-electron chi connectivity index (χ4n) is 1.67. The van der Waals surface area contributed by atoms with E-state index in [2.05, 4.69) is 15.3 Å². The van der Waals surface area contributed by atoms with Crippen LogP contribution in [0.15, 0.2) is 48.0 Å². The van der Waals surface area contributed by atoms with E-state index in [1.165, 1.54) is 11.3 Å². The topological polar surface area (TPSA) is 37.8 Å². The monoisotopic (exact) mass is 401 g/mol. The van der Waals surface area contributed by atoms with Gasteiger partial charge in [0.2, 0.25) is 0 Å². The number of halogens is 3. The third-order valence-corrected chi connectivity index (χ3v) is 4.12. The van der Waals surface area contributed by atoms with Crippen LogP contribution in [-0.4, -0.2) is 9.97 Å². The molecule has 0 radical (unpaired) electrons. The van der Waals surface area contributed by atoms with Crippen molar-refractivity contribution in [3.05, 3.63) is 58.0 Å². The van der Waals surface area contributed by atoms with Crippen LogP contribution in [0.25, 0.3) is 11.3 Å². The first kappa shape index (κ1) is 16.2. The summed E-state index contributed by atoms with van der Waals surface area (Å²) in [7, 11) is 0. The molecule has 3 aromatic rings. The van der Waals surface area contributed by atoms with Gasteiger partial charge in [-0.2, -0.15) is 0 Å². The molecule has 0 spiro atoms. The minimum atomic E-state index is 0. The van der Waals surface area contributed by atoms with Gasteiger partial charge in [-0.05, 0) is 24.3 Å². The summed E-state index contributed by atoms with van der Waals surface area (Å²) >= 11 is 13.4. The normalized spacial score (nSPS) is 10.0. The number of thiazole rings is 1. The minimum Gasteiger partial charge on any atom is -0.316 e. The highest BCUT2D eigenvalue weighted by atomic mass is 79.9. The van der Waals surface area contributed by atoms with Gasteiger partial charge in [0.05, 0.1) is 15.7 Å². The average Bonchev–Trinajstić information content (AvgIpc) is 2.91. The van der Waals surface area contributed by atoms with Crippen LogP contribution in [-0.2, 0) is 0 Å². The lowest BCUT2D eigenvalue weighted by Crippen LogP contribution is -1.91. The van der Waals surface area contributed by atoms with Crippen LogP contribution < -0.4 is 5.32 Å². The Morgan fingerprint density at radius 1 is 1.05 bits per heavy atom. The standard InChI is InChI=1S/C14H9Cl2N3S.BrH/c15-10-5-4-9(7-11(10)16)12-8-20-14(18-12)19-13-3-1-2-6-17-13;/h1-8H,(H,17,18,19);1H. The quantitative estimate of drug-likeness (QED) is 0.598. The first-order valence-electron chi connectivity index (χ1n) is 5.81. The maximum Gasteiger partial charge on any atom is 0.188 e. The van der Waals surface area contributed by atoms with Gasteiger partial charge in [0.15, 0.2) is 5.13 Å². The van der Waals surface area contributed by atoms with E-state index in [4.69, 9.17) is 23.2 Å². The number of rotatable bonds is 3. The molecular weight excluding hydrogens is 393 g/mol. The largest absolute Gasteiger partial charge is 0.316 e. The van der Waals surface area contributed by atoms with Gasteiger partial charge < -0.3 is 5.32 Å². The van der Waals surface area contributed by atoms with E-state index in [0.717, 1.165) is 22.2 Å². The number of pyridine rings is 1. The van der Waals surface area contributed by atoms with Crippen molar-refractivity contribution in [2.45, 2.75) is 0 Å². The molecule has 0 saturated carbocycles. The summed E-state index contributed by atoms with van der Waals surface area (Å²) in [6.07, 6.45) is 1.73. The van der Waals surface area contributed by atoms with Gasteiger partial charge in [-0.25, -0.2) is 9.97 Å². The molecule has 108 valence electrons. The van der Waals surface area contributed by atoms with Crippen LogP contribution in [0.5, 0.6) is 0 Å². The molecule has 0 aliphatic carbocycles. The molecule has 2 aromatic heterocycles. The molecule has 0 bridgehead atoms. The summed E-state index contributed by atoms with van der Waals surface area (Å²) in [6, 6.07) is 11.2. The number of nitrogens with zero attached hydrogens (tertiary/aromatic N) is 2. The van der Waals surface area contributed by atoms with Crippen LogP contribution in [0.1, 0.15) is 0 Å². The zero-order valence-corrected chi connectivity index (χ0v) is 14.6. The number of hydrogen-bond acceptors (Lipinski definition) is 4. The SMILES string of the molecule is Br.Clc1ccc(-c2csc(Nc3ccccn3)n2)cc1Cl. The second kappa shape index (κ2) is 7.22. The molecule has 0 aliphatic heterocycles. The van der Waals surface area contributed by atoms with Gasteiger partial charge in [-0.15, -0.1) is 28.3 Å².